The Balaban J connectivity index is 2.14. The summed E-state index contributed by atoms with van der Waals surface area (Å²) in [5.41, 5.74) is -0.0751. The predicted octanol–water partition coefficient (Wildman–Crippen LogP) is 1.83. The molecular formula is C14H15F2N3O4S. The van der Waals surface area contributed by atoms with Crippen molar-refractivity contribution >= 4 is 21.6 Å². The zero-order valence-electron chi connectivity index (χ0n) is 13.1. The Hall–Kier alpha value is -2.33. The number of anilines is 1. The second-order valence-corrected chi connectivity index (χ2v) is 7.07. The van der Waals surface area contributed by atoms with Gasteiger partial charge in [-0.15, -0.1) is 0 Å². The molecule has 24 heavy (non-hydrogen) atoms. The Labute approximate surface area is 137 Å². The lowest BCUT2D eigenvalue weighted by molar-refractivity contribution is -0.116. The Bertz CT molecular complexity index is 861. The highest BCUT2D eigenvalue weighted by atomic mass is 32.2. The number of benzene rings is 1. The average Bonchev–Trinajstić information content (AvgIpc) is 2.81. The number of halogens is 2. The number of nitrogens with zero attached hydrogens (tertiary/aromatic N) is 2. The molecule has 10 heteroatoms. The molecule has 0 saturated heterocycles. The van der Waals surface area contributed by atoms with Crippen LogP contribution in [0.5, 0.6) is 0 Å². The van der Waals surface area contributed by atoms with Gasteiger partial charge in [-0.3, -0.25) is 4.79 Å². The van der Waals surface area contributed by atoms with Crippen molar-refractivity contribution in [2.24, 2.45) is 0 Å². The van der Waals surface area contributed by atoms with Gasteiger partial charge in [0.15, 0.2) is 5.76 Å². The van der Waals surface area contributed by atoms with Crippen molar-refractivity contribution in [3.05, 3.63) is 41.3 Å². The average molecular weight is 359 g/mol. The third-order valence-corrected chi connectivity index (χ3v) is 5.26. The molecule has 0 fully saturated rings. The van der Waals surface area contributed by atoms with E-state index in [2.05, 4.69) is 10.5 Å². The minimum absolute atomic E-state index is 0.101. The fourth-order valence-corrected chi connectivity index (χ4v) is 3.48. The summed E-state index contributed by atoms with van der Waals surface area (Å²) in [6, 6.07) is 2.63. The summed E-state index contributed by atoms with van der Waals surface area (Å²) in [6.07, 6.45) is 0. The van der Waals surface area contributed by atoms with Crippen molar-refractivity contribution in [2.75, 3.05) is 18.9 Å². The van der Waals surface area contributed by atoms with Gasteiger partial charge in [0.1, 0.15) is 22.2 Å². The second-order valence-electron chi connectivity index (χ2n) is 5.09. The summed E-state index contributed by atoms with van der Waals surface area (Å²) in [6.45, 7) is 2.34. The summed E-state index contributed by atoms with van der Waals surface area (Å²) in [5.74, 6) is -2.43. The summed E-state index contributed by atoms with van der Waals surface area (Å²) in [5, 5.41) is 5.75. The van der Waals surface area contributed by atoms with Crippen LogP contribution in [0.4, 0.5) is 14.5 Å². The third kappa shape index (κ3) is 3.60. The third-order valence-electron chi connectivity index (χ3n) is 3.21. The second kappa shape index (κ2) is 6.65. The maximum Gasteiger partial charge on any atom is 0.248 e. The SMILES string of the molecule is Cc1noc(C)c1S(=O)(=O)N(C)CC(=O)Nc1ccc(F)cc1F. The van der Waals surface area contributed by atoms with E-state index >= 15 is 0 Å². The normalized spacial score (nSPS) is 11.8. The first-order valence-electron chi connectivity index (χ1n) is 6.77. The number of amides is 1. The zero-order chi connectivity index (χ0) is 18.1. The van der Waals surface area contributed by atoms with Crippen molar-refractivity contribution < 1.29 is 26.5 Å². The van der Waals surface area contributed by atoms with E-state index in [4.69, 9.17) is 4.52 Å². The monoisotopic (exact) mass is 359 g/mol. The molecule has 0 aliphatic carbocycles. The van der Waals surface area contributed by atoms with Gasteiger partial charge in [-0.25, -0.2) is 17.2 Å². The summed E-state index contributed by atoms with van der Waals surface area (Å²) in [7, 11) is -2.80. The number of nitrogens with one attached hydrogen (secondary N) is 1. The number of rotatable bonds is 5. The molecule has 1 amide bonds. The van der Waals surface area contributed by atoms with Gasteiger partial charge in [0.05, 0.1) is 12.2 Å². The predicted molar refractivity (Wildman–Crippen MR) is 80.8 cm³/mol. The van der Waals surface area contributed by atoms with Gasteiger partial charge >= 0.3 is 0 Å². The molecule has 0 bridgehead atoms. The molecule has 1 aromatic carbocycles. The molecule has 1 heterocycles. The molecule has 2 aromatic rings. The highest BCUT2D eigenvalue weighted by Gasteiger charge is 2.29. The standard InChI is InChI=1S/C14H15F2N3O4S/c1-8-14(9(2)23-18-8)24(21,22)19(3)7-13(20)17-12-5-4-10(15)6-11(12)16/h4-6H,7H2,1-3H3,(H,17,20). The highest BCUT2D eigenvalue weighted by molar-refractivity contribution is 7.89. The molecule has 7 nitrogen and oxygen atoms in total. The molecule has 0 saturated carbocycles. The fourth-order valence-electron chi connectivity index (χ4n) is 2.07. The maximum absolute atomic E-state index is 13.5. The summed E-state index contributed by atoms with van der Waals surface area (Å²) >= 11 is 0. The van der Waals surface area contributed by atoms with E-state index in [1.807, 2.05) is 0 Å². The first kappa shape index (κ1) is 18.0. The Morgan fingerprint density at radius 3 is 2.54 bits per heavy atom. The molecule has 1 aromatic heterocycles. The van der Waals surface area contributed by atoms with Crippen LogP contribution in [-0.2, 0) is 14.8 Å². The quantitative estimate of drug-likeness (QED) is 0.879. The van der Waals surface area contributed by atoms with E-state index in [0.717, 1.165) is 16.4 Å². The Kier molecular flexibility index (Phi) is 4.99. The van der Waals surface area contributed by atoms with E-state index in [0.29, 0.717) is 6.07 Å². The van der Waals surface area contributed by atoms with E-state index < -0.39 is 34.1 Å². The first-order valence-corrected chi connectivity index (χ1v) is 8.21. The minimum atomic E-state index is -4.00. The van der Waals surface area contributed by atoms with Crippen LogP contribution in [0.15, 0.2) is 27.6 Å². The zero-order valence-corrected chi connectivity index (χ0v) is 13.9. The Morgan fingerprint density at radius 1 is 1.33 bits per heavy atom. The lowest BCUT2D eigenvalue weighted by Gasteiger charge is -2.16. The first-order chi connectivity index (χ1) is 11.1. The molecule has 130 valence electrons. The number of carbonyl (C=O) groups is 1. The summed E-state index contributed by atoms with van der Waals surface area (Å²) < 4.78 is 56.9. The highest BCUT2D eigenvalue weighted by Crippen LogP contribution is 2.22. The van der Waals surface area contributed by atoms with E-state index in [1.165, 1.54) is 20.9 Å². The molecule has 0 radical (unpaired) electrons. The molecule has 2 rings (SSSR count). The van der Waals surface area contributed by atoms with Crippen molar-refractivity contribution in [3.63, 3.8) is 0 Å². The van der Waals surface area contributed by atoms with Gasteiger partial charge in [-0.05, 0) is 26.0 Å². The number of aromatic nitrogens is 1. The lowest BCUT2D eigenvalue weighted by atomic mass is 10.3. The number of aryl methyl sites for hydroxylation is 2. The van der Waals surface area contributed by atoms with Gasteiger partial charge in [0, 0.05) is 13.1 Å². The number of hydrogen-bond donors (Lipinski definition) is 1. The van der Waals surface area contributed by atoms with Crippen molar-refractivity contribution in [1.82, 2.24) is 9.46 Å². The molecule has 1 N–H and O–H groups in total. The van der Waals surface area contributed by atoms with E-state index in [-0.39, 0.29) is 22.0 Å². The van der Waals surface area contributed by atoms with Crippen LogP contribution in [0.1, 0.15) is 11.5 Å². The van der Waals surface area contributed by atoms with Crippen LogP contribution in [0, 0.1) is 25.5 Å². The topological polar surface area (TPSA) is 92.5 Å². The maximum atomic E-state index is 13.5. The van der Waals surface area contributed by atoms with E-state index in [1.54, 1.807) is 0 Å². The molecule has 0 aliphatic rings. The van der Waals surface area contributed by atoms with Crippen LogP contribution in [0.2, 0.25) is 0 Å². The number of carbonyl (C=O) groups excluding carboxylic acids is 1. The van der Waals surface area contributed by atoms with Crippen molar-refractivity contribution in [3.8, 4) is 0 Å². The fraction of sp³-hybridized carbons (Fsp3) is 0.286. The van der Waals surface area contributed by atoms with Gasteiger partial charge in [0.2, 0.25) is 15.9 Å². The lowest BCUT2D eigenvalue weighted by Crippen LogP contribution is -2.35. The van der Waals surface area contributed by atoms with Crippen LogP contribution in [0.25, 0.3) is 0 Å². The van der Waals surface area contributed by atoms with Crippen LogP contribution in [-0.4, -0.2) is 37.4 Å². The minimum Gasteiger partial charge on any atom is -0.360 e. The summed E-state index contributed by atoms with van der Waals surface area (Å²) in [4.78, 5) is 11.8. The van der Waals surface area contributed by atoms with Gasteiger partial charge < -0.3 is 9.84 Å². The molecule has 0 spiro atoms. The molecule has 0 aliphatic heterocycles. The Morgan fingerprint density at radius 2 is 2.00 bits per heavy atom. The van der Waals surface area contributed by atoms with Crippen LogP contribution in [0.3, 0.4) is 0 Å². The largest absolute Gasteiger partial charge is 0.360 e. The smallest absolute Gasteiger partial charge is 0.248 e. The van der Waals surface area contributed by atoms with Crippen molar-refractivity contribution in [1.29, 1.82) is 0 Å². The van der Waals surface area contributed by atoms with Gasteiger partial charge in [-0.1, -0.05) is 5.16 Å². The van der Waals surface area contributed by atoms with Gasteiger partial charge in [-0.2, -0.15) is 4.31 Å². The molecule has 0 unspecified atom stereocenters. The molecular weight excluding hydrogens is 344 g/mol. The number of sulfonamides is 1. The van der Waals surface area contributed by atoms with E-state index in [9.17, 15) is 22.0 Å². The van der Waals surface area contributed by atoms with Crippen molar-refractivity contribution in [2.45, 2.75) is 18.7 Å². The number of likely N-dealkylation sites (N-methyl/N-ethyl adjacent to an activating group) is 1. The van der Waals surface area contributed by atoms with Crippen LogP contribution >= 0.6 is 0 Å². The molecule has 0 atom stereocenters. The number of hydrogen-bond acceptors (Lipinski definition) is 5. The van der Waals surface area contributed by atoms with Gasteiger partial charge in [0.25, 0.3) is 0 Å². The van der Waals surface area contributed by atoms with Crippen LogP contribution < -0.4 is 5.32 Å².